The van der Waals surface area contributed by atoms with Gasteiger partial charge in [0.2, 0.25) is 0 Å². The maximum atomic E-state index is 4.90. The van der Waals surface area contributed by atoms with Crippen LogP contribution in [0.5, 0.6) is 0 Å². The molecule has 0 aromatic carbocycles. The number of aryl methyl sites for hydroxylation is 1. The van der Waals surface area contributed by atoms with Crippen LogP contribution >= 0.6 is 0 Å². The second-order valence-electron chi connectivity index (χ2n) is 7.27. The van der Waals surface area contributed by atoms with Crippen LogP contribution in [0.25, 0.3) is 0 Å². The Kier molecular flexibility index (Phi) is 4.48. The molecular formula is C18H29N3. The van der Waals surface area contributed by atoms with Gasteiger partial charge in [0.15, 0.2) is 0 Å². The number of anilines is 1. The molecule has 0 amide bonds. The van der Waals surface area contributed by atoms with Gasteiger partial charge in [0.1, 0.15) is 5.82 Å². The Morgan fingerprint density at radius 3 is 2.57 bits per heavy atom. The molecule has 0 bridgehead atoms. The number of rotatable bonds is 8. The molecule has 2 aliphatic rings. The second-order valence-corrected chi connectivity index (χ2v) is 7.27. The minimum absolute atomic E-state index is 0.696. The molecule has 116 valence electrons. The first-order valence-electron chi connectivity index (χ1n) is 8.57. The molecule has 3 heteroatoms. The number of aromatic nitrogens is 1. The largest absolute Gasteiger partial charge is 0.353 e. The van der Waals surface area contributed by atoms with Gasteiger partial charge < -0.3 is 10.2 Å². The fourth-order valence-electron chi connectivity index (χ4n) is 2.81. The lowest BCUT2D eigenvalue weighted by atomic mass is 10.1. The lowest BCUT2D eigenvalue weighted by Gasteiger charge is -2.24. The van der Waals surface area contributed by atoms with E-state index < -0.39 is 0 Å². The summed E-state index contributed by atoms with van der Waals surface area (Å²) in [7, 11) is 0. The van der Waals surface area contributed by atoms with E-state index in [-0.39, 0.29) is 0 Å². The molecule has 1 aromatic rings. The maximum Gasteiger partial charge on any atom is 0.129 e. The van der Waals surface area contributed by atoms with E-state index in [1.54, 1.807) is 0 Å². The summed E-state index contributed by atoms with van der Waals surface area (Å²) >= 11 is 0. The predicted octanol–water partition coefficient (Wildman–Crippen LogP) is 3.51. The third-order valence-corrected chi connectivity index (χ3v) is 4.48. The van der Waals surface area contributed by atoms with Crippen molar-refractivity contribution in [2.24, 2.45) is 11.8 Å². The lowest BCUT2D eigenvalue weighted by Crippen LogP contribution is -2.29. The van der Waals surface area contributed by atoms with Crippen molar-refractivity contribution in [1.29, 1.82) is 0 Å². The average Bonchev–Trinajstić information content (AvgIpc) is 3.31. The Hall–Kier alpha value is -1.09. The van der Waals surface area contributed by atoms with Crippen LogP contribution in [0.2, 0.25) is 0 Å². The van der Waals surface area contributed by atoms with Gasteiger partial charge in [-0.3, -0.25) is 0 Å². The highest BCUT2D eigenvalue weighted by molar-refractivity contribution is 5.44. The van der Waals surface area contributed by atoms with E-state index in [0.29, 0.717) is 5.92 Å². The van der Waals surface area contributed by atoms with Gasteiger partial charge in [-0.05, 0) is 62.6 Å². The Labute approximate surface area is 129 Å². The van der Waals surface area contributed by atoms with Crippen molar-refractivity contribution in [3.05, 3.63) is 23.4 Å². The zero-order chi connectivity index (χ0) is 14.8. The number of nitrogens with one attached hydrogen (secondary N) is 1. The fraction of sp³-hybridized carbons (Fsp3) is 0.722. The summed E-state index contributed by atoms with van der Waals surface area (Å²) in [5.74, 6) is 2.83. The highest BCUT2D eigenvalue weighted by Crippen LogP contribution is 2.37. The number of hydrogen-bond acceptors (Lipinski definition) is 3. The quantitative estimate of drug-likeness (QED) is 0.793. The molecule has 0 saturated heterocycles. The first-order valence-corrected chi connectivity index (χ1v) is 8.57. The zero-order valence-electron chi connectivity index (χ0n) is 13.7. The SMILES string of the molecule is Cc1nc(N(CC2CC2)C2CC2)ccc1CNCC(C)C. The molecule has 2 aliphatic carbocycles. The van der Waals surface area contributed by atoms with Crippen molar-refractivity contribution in [3.8, 4) is 0 Å². The van der Waals surface area contributed by atoms with Gasteiger partial charge in [0, 0.05) is 24.8 Å². The molecule has 0 radical (unpaired) electrons. The van der Waals surface area contributed by atoms with Crippen LogP contribution in [-0.2, 0) is 6.54 Å². The standard InChI is InChI=1S/C18H29N3/c1-13(2)10-19-11-16-6-9-18(20-14(16)3)21(17-7-8-17)12-15-4-5-15/h6,9,13,15,17,19H,4-5,7-8,10-12H2,1-3H3. The maximum absolute atomic E-state index is 4.90. The van der Waals surface area contributed by atoms with Gasteiger partial charge in [-0.1, -0.05) is 19.9 Å². The van der Waals surface area contributed by atoms with Gasteiger partial charge in [-0.15, -0.1) is 0 Å². The Morgan fingerprint density at radius 2 is 2.00 bits per heavy atom. The summed E-state index contributed by atoms with van der Waals surface area (Å²) in [6, 6.07) is 5.27. The number of nitrogens with zero attached hydrogens (tertiary/aromatic N) is 2. The second kappa shape index (κ2) is 6.35. The van der Waals surface area contributed by atoms with E-state index in [4.69, 9.17) is 4.98 Å². The van der Waals surface area contributed by atoms with Crippen molar-refractivity contribution in [2.75, 3.05) is 18.0 Å². The van der Waals surface area contributed by atoms with Crippen molar-refractivity contribution in [3.63, 3.8) is 0 Å². The summed E-state index contributed by atoms with van der Waals surface area (Å²) < 4.78 is 0. The van der Waals surface area contributed by atoms with E-state index in [1.807, 2.05) is 0 Å². The van der Waals surface area contributed by atoms with Crippen LogP contribution in [0.15, 0.2) is 12.1 Å². The van der Waals surface area contributed by atoms with Gasteiger partial charge in [-0.25, -0.2) is 4.98 Å². The minimum atomic E-state index is 0.696. The van der Waals surface area contributed by atoms with Crippen LogP contribution in [-0.4, -0.2) is 24.1 Å². The summed E-state index contributed by atoms with van der Waals surface area (Å²) in [5, 5.41) is 3.51. The molecule has 2 fully saturated rings. The molecule has 21 heavy (non-hydrogen) atoms. The summed E-state index contributed by atoms with van der Waals surface area (Å²) in [5.41, 5.74) is 2.52. The average molecular weight is 287 g/mol. The number of pyridine rings is 1. The van der Waals surface area contributed by atoms with Gasteiger partial charge in [0.25, 0.3) is 0 Å². The van der Waals surface area contributed by atoms with Gasteiger partial charge in [-0.2, -0.15) is 0 Å². The van der Waals surface area contributed by atoms with Crippen molar-refractivity contribution in [2.45, 2.75) is 59.0 Å². The van der Waals surface area contributed by atoms with E-state index in [9.17, 15) is 0 Å². The number of hydrogen-bond donors (Lipinski definition) is 1. The van der Waals surface area contributed by atoms with Crippen LogP contribution in [0, 0.1) is 18.8 Å². The highest BCUT2D eigenvalue weighted by Gasteiger charge is 2.34. The molecule has 1 N–H and O–H groups in total. The van der Waals surface area contributed by atoms with E-state index >= 15 is 0 Å². The van der Waals surface area contributed by atoms with Crippen molar-refractivity contribution >= 4 is 5.82 Å². The fourth-order valence-corrected chi connectivity index (χ4v) is 2.81. The van der Waals surface area contributed by atoms with E-state index in [2.05, 4.69) is 43.1 Å². The van der Waals surface area contributed by atoms with Crippen LogP contribution < -0.4 is 10.2 Å². The molecule has 1 heterocycles. The third-order valence-electron chi connectivity index (χ3n) is 4.48. The lowest BCUT2D eigenvalue weighted by molar-refractivity contribution is 0.551. The zero-order valence-corrected chi connectivity index (χ0v) is 13.7. The molecule has 1 aromatic heterocycles. The first-order chi connectivity index (χ1) is 10.1. The monoisotopic (exact) mass is 287 g/mol. The molecule has 0 unspecified atom stereocenters. The molecule has 3 nitrogen and oxygen atoms in total. The first kappa shape index (κ1) is 14.8. The Balaban J connectivity index is 1.64. The van der Waals surface area contributed by atoms with Crippen LogP contribution in [0.3, 0.4) is 0 Å². The normalized spacial score (nSPS) is 18.3. The molecule has 0 spiro atoms. The van der Waals surface area contributed by atoms with Crippen LogP contribution in [0.4, 0.5) is 5.82 Å². The van der Waals surface area contributed by atoms with E-state index in [0.717, 1.165) is 25.0 Å². The van der Waals surface area contributed by atoms with Crippen molar-refractivity contribution < 1.29 is 0 Å². The molecule has 2 saturated carbocycles. The highest BCUT2D eigenvalue weighted by atomic mass is 15.2. The summed E-state index contributed by atoms with van der Waals surface area (Å²) in [4.78, 5) is 7.46. The smallest absolute Gasteiger partial charge is 0.129 e. The minimum Gasteiger partial charge on any atom is -0.353 e. The molecule has 3 rings (SSSR count). The molecule has 0 atom stereocenters. The van der Waals surface area contributed by atoms with Crippen molar-refractivity contribution in [1.82, 2.24) is 10.3 Å². The van der Waals surface area contributed by atoms with Crippen LogP contribution in [0.1, 0.15) is 50.8 Å². The van der Waals surface area contributed by atoms with Gasteiger partial charge >= 0.3 is 0 Å². The molecular weight excluding hydrogens is 258 g/mol. The summed E-state index contributed by atoms with van der Waals surface area (Å²) in [6.07, 6.45) is 5.54. The topological polar surface area (TPSA) is 28.2 Å². The predicted molar refractivity (Wildman–Crippen MR) is 88.6 cm³/mol. The third kappa shape index (κ3) is 4.19. The summed E-state index contributed by atoms with van der Waals surface area (Å²) in [6.45, 7) is 9.86. The van der Waals surface area contributed by atoms with E-state index in [1.165, 1.54) is 49.3 Å². The molecule has 0 aliphatic heterocycles. The van der Waals surface area contributed by atoms with Gasteiger partial charge in [0.05, 0.1) is 0 Å². The Morgan fingerprint density at radius 1 is 1.24 bits per heavy atom. The Bertz CT molecular complexity index is 475.